The van der Waals surface area contributed by atoms with Crippen LogP contribution < -0.4 is 11.1 Å². The summed E-state index contributed by atoms with van der Waals surface area (Å²) >= 11 is 0. The fourth-order valence-electron chi connectivity index (χ4n) is 2.22. The van der Waals surface area contributed by atoms with Crippen molar-refractivity contribution in [1.82, 2.24) is 14.9 Å². The van der Waals surface area contributed by atoms with E-state index in [2.05, 4.69) is 10.3 Å². The van der Waals surface area contributed by atoms with Gasteiger partial charge in [-0.05, 0) is 29.8 Å². The average Bonchev–Trinajstić information content (AvgIpc) is 2.81. The number of oxazole rings is 1. The molecule has 0 atom stereocenters. The Bertz CT molecular complexity index is 865. The van der Waals surface area contributed by atoms with Crippen molar-refractivity contribution in [2.45, 2.75) is 13.0 Å². The summed E-state index contributed by atoms with van der Waals surface area (Å²) in [6.07, 6.45) is 1.93. The highest BCUT2D eigenvalue weighted by Crippen LogP contribution is 2.14. The third-order valence-electron chi connectivity index (χ3n) is 3.41. The molecular weight excluding hydrogens is 282 g/mol. The van der Waals surface area contributed by atoms with Gasteiger partial charge in [-0.3, -0.25) is 14.3 Å². The summed E-state index contributed by atoms with van der Waals surface area (Å²) in [4.78, 5) is 27.6. The Labute approximate surface area is 126 Å². The van der Waals surface area contributed by atoms with E-state index in [1.54, 1.807) is 31.4 Å². The lowest BCUT2D eigenvalue weighted by atomic mass is 10.1. The topological polar surface area (TPSA) is 77.1 Å². The molecule has 0 unspecified atom stereocenters. The molecule has 6 heteroatoms. The average molecular weight is 297 g/mol. The molecule has 0 aliphatic carbocycles. The number of carbonyl (C=O) groups excluding carboxylic acids is 1. The standard InChI is InChI=1S/C16H15N3O3/c1-19-13-8-11(5-6-14(13)22-16(19)21)9-15(20)18-10-12-4-2-3-7-17-12/h2-8H,9-10H2,1H3,(H,18,20). The summed E-state index contributed by atoms with van der Waals surface area (Å²) < 4.78 is 6.48. The number of benzene rings is 1. The molecule has 0 saturated heterocycles. The van der Waals surface area contributed by atoms with Crippen LogP contribution in [0.25, 0.3) is 11.1 Å². The first-order valence-corrected chi connectivity index (χ1v) is 6.88. The van der Waals surface area contributed by atoms with E-state index < -0.39 is 5.76 Å². The number of nitrogens with one attached hydrogen (secondary N) is 1. The second-order valence-corrected chi connectivity index (χ2v) is 5.00. The van der Waals surface area contributed by atoms with E-state index in [-0.39, 0.29) is 12.3 Å². The van der Waals surface area contributed by atoms with Crippen LogP contribution in [0.2, 0.25) is 0 Å². The van der Waals surface area contributed by atoms with E-state index in [1.165, 1.54) is 4.57 Å². The van der Waals surface area contributed by atoms with Crippen LogP contribution in [0.1, 0.15) is 11.3 Å². The number of rotatable bonds is 4. The van der Waals surface area contributed by atoms with Gasteiger partial charge in [0.15, 0.2) is 5.58 Å². The number of pyridine rings is 1. The van der Waals surface area contributed by atoms with Crippen molar-refractivity contribution in [3.05, 3.63) is 64.4 Å². The lowest BCUT2D eigenvalue weighted by Crippen LogP contribution is -2.24. The van der Waals surface area contributed by atoms with Gasteiger partial charge in [0.1, 0.15) is 0 Å². The molecule has 6 nitrogen and oxygen atoms in total. The van der Waals surface area contributed by atoms with Gasteiger partial charge in [-0.15, -0.1) is 0 Å². The van der Waals surface area contributed by atoms with Gasteiger partial charge in [-0.25, -0.2) is 4.79 Å². The zero-order valence-corrected chi connectivity index (χ0v) is 12.1. The number of aryl methyl sites for hydroxylation is 1. The molecule has 0 spiro atoms. The van der Waals surface area contributed by atoms with Crippen molar-refractivity contribution in [3.8, 4) is 0 Å². The van der Waals surface area contributed by atoms with Crippen LogP contribution in [-0.4, -0.2) is 15.5 Å². The van der Waals surface area contributed by atoms with Crippen molar-refractivity contribution >= 4 is 17.0 Å². The summed E-state index contributed by atoms with van der Waals surface area (Å²) in [7, 11) is 1.64. The SMILES string of the molecule is Cn1c(=O)oc2ccc(CC(=O)NCc3ccccn3)cc21. The van der Waals surface area contributed by atoms with Gasteiger partial charge in [-0.2, -0.15) is 0 Å². The summed E-state index contributed by atoms with van der Waals surface area (Å²) in [5.74, 6) is -0.509. The summed E-state index contributed by atoms with van der Waals surface area (Å²) in [5, 5.41) is 2.82. The number of nitrogens with zero attached hydrogens (tertiary/aromatic N) is 2. The fraction of sp³-hybridized carbons (Fsp3) is 0.188. The van der Waals surface area contributed by atoms with Crippen molar-refractivity contribution in [2.75, 3.05) is 0 Å². The largest absolute Gasteiger partial charge is 0.419 e. The normalized spacial score (nSPS) is 10.8. The summed E-state index contributed by atoms with van der Waals surface area (Å²) in [5.41, 5.74) is 2.83. The fourth-order valence-corrected chi connectivity index (χ4v) is 2.22. The van der Waals surface area contributed by atoms with Crippen molar-refractivity contribution in [1.29, 1.82) is 0 Å². The highest BCUT2D eigenvalue weighted by atomic mass is 16.4. The summed E-state index contributed by atoms with van der Waals surface area (Å²) in [6.45, 7) is 0.395. The second kappa shape index (κ2) is 5.85. The minimum Gasteiger partial charge on any atom is -0.408 e. The Morgan fingerprint density at radius 1 is 1.32 bits per heavy atom. The van der Waals surface area contributed by atoms with E-state index in [0.29, 0.717) is 17.6 Å². The quantitative estimate of drug-likeness (QED) is 0.789. The molecule has 112 valence electrons. The molecule has 22 heavy (non-hydrogen) atoms. The first-order chi connectivity index (χ1) is 10.6. The van der Waals surface area contributed by atoms with Gasteiger partial charge in [0, 0.05) is 13.2 Å². The van der Waals surface area contributed by atoms with E-state index in [9.17, 15) is 9.59 Å². The molecule has 0 aliphatic rings. The van der Waals surface area contributed by atoms with Gasteiger partial charge in [-0.1, -0.05) is 12.1 Å². The van der Waals surface area contributed by atoms with E-state index in [0.717, 1.165) is 11.3 Å². The predicted molar refractivity (Wildman–Crippen MR) is 81.2 cm³/mol. The van der Waals surface area contributed by atoms with Crippen LogP contribution in [0, 0.1) is 0 Å². The molecule has 0 radical (unpaired) electrons. The van der Waals surface area contributed by atoms with Crippen LogP contribution in [0.4, 0.5) is 0 Å². The summed E-state index contributed by atoms with van der Waals surface area (Å²) in [6, 6.07) is 10.8. The van der Waals surface area contributed by atoms with E-state index in [1.807, 2.05) is 18.2 Å². The third-order valence-corrected chi connectivity index (χ3v) is 3.41. The maximum atomic E-state index is 12.0. The molecule has 2 aromatic heterocycles. The number of amides is 1. The molecule has 3 rings (SSSR count). The van der Waals surface area contributed by atoms with Crippen LogP contribution in [0.15, 0.2) is 51.8 Å². The van der Waals surface area contributed by atoms with Gasteiger partial charge in [0.2, 0.25) is 5.91 Å². The number of aromatic nitrogens is 2. The number of hydrogen-bond donors (Lipinski definition) is 1. The zero-order valence-electron chi connectivity index (χ0n) is 12.1. The van der Waals surface area contributed by atoms with Gasteiger partial charge in [0.05, 0.1) is 24.2 Å². The van der Waals surface area contributed by atoms with Crippen molar-refractivity contribution < 1.29 is 9.21 Å². The molecule has 0 saturated carbocycles. The maximum Gasteiger partial charge on any atom is 0.419 e. The number of fused-ring (bicyclic) bond motifs is 1. The Kier molecular flexibility index (Phi) is 3.74. The first kappa shape index (κ1) is 14.1. The maximum absolute atomic E-state index is 12.0. The van der Waals surface area contributed by atoms with Crippen LogP contribution in [0.3, 0.4) is 0 Å². The monoisotopic (exact) mass is 297 g/mol. The molecule has 1 aromatic carbocycles. The molecule has 2 heterocycles. The second-order valence-electron chi connectivity index (χ2n) is 5.00. The number of carbonyl (C=O) groups is 1. The van der Waals surface area contributed by atoms with Crippen LogP contribution >= 0.6 is 0 Å². The van der Waals surface area contributed by atoms with Crippen LogP contribution in [-0.2, 0) is 24.8 Å². The molecule has 0 bridgehead atoms. The Morgan fingerprint density at radius 3 is 2.95 bits per heavy atom. The minimum absolute atomic E-state index is 0.0986. The third kappa shape index (κ3) is 2.90. The lowest BCUT2D eigenvalue weighted by molar-refractivity contribution is -0.120. The molecule has 1 N–H and O–H groups in total. The molecule has 0 aliphatic heterocycles. The Morgan fingerprint density at radius 2 is 2.18 bits per heavy atom. The van der Waals surface area contributed by atoms with E-state index in [4.69, 9.17) is 4.42 Å². The Balaban J connectivity index is 1.68. The van der Waals surface area contributed by atoms with Gasteiger partial charge in [0.25, 0.3) is 0 Å². The number of hydrogen-bond acceptors (Lipinski definition) is 4. The molecular formula is C16H15N3O3. The predicted octanol–water partition coefficient (Wildman–Crippen LogP) is 1.39. The highest BCUT2D eigenvalue weighted by Gasteiger charge is 2.09. The van der Waals surface area contributed by atoms with E-state index >= 15 is 0 Å². The van der Waals surface area contributed by atoms with Crippen molar-refractivity contribution in [3.63, 3.8) is 0 Å². The smallest absolute Gasteiger partial charge is 0.408 e. The first-order valence-electron chi connectivity index (χ1n) is 6.88. The van der Waals surface area contributed by atoms with Gasteiger partial charge < -0.3 is 9.73 Å². The molecule has 1 amide bonds. The van der Waals surface area contributed by atoms with Gasteiger partial charge >= 0.3 is 5.76 Å². The minimum atomic E-state index is -0.410. The molecule has 3 aromatic rings. The zero-order chi connectivity index (χ0) is 15.5. The lowest BCUT2D eigenvalue weighted by Gasteiger charge is -2.05. The van der Waals surface area contributed by atoms with Crippen LogP contribution in [0.5, 0.6) is 0 Å². The molecule has 0 fully saturated rings. The highest BCUT2D eigenvalue weighted by molar-refractivity contribution is 5.81. The Hall–Kier alpha value is -2.89. The van der Waals surface area contributed by atoms with Crippen molar-refractivity contribution in [2.24, 2.45) is 7.05 Å².